The lowest BCUT2D eigenvalue weighted by Gasteiger charge is -2.10. The van der Waals surface area contributed by atoms with Crippen LogP contribution in [0.5, 0.6) is 5.75 Å². The zero-order valence-corrected chi connectivity index (χ0v) is 11.5. The van der Waals surface area contributed by atoms with E-state index in [9.17, 15) is 4.79 Å². The first kappa shape index (κ1) is 15.5. The SMILES string of the molecule is CC(C)Oc1ccc(C(=O)NCCOCCN)cc1. The van der Waals surface area contributed by atoms with Crippen LogP contribution in [0.25, 0.3) is 0 Å². The van der Waals surface area contributed by atoms with Gasteiger partial charge < -0.3 is 20.5 Å². The van der Waals surface area contributed by atoms with Crippen LogP contribution in [0.4, 0.5) is 0 Å². The van der Waals surface area contributed by atoms with Crippen LogP contribution in [0, 0.1) is 0 Å². The summed E-state index contributed by atoms with van der Waals surface area (Å²) < 4.78 is 10.7. The number of hydrogen-bond acceptors (Lipinski definition) is 4. The largest absolute Gasteiger partial charge is 0.491 e. The molecule has 0 atom stereocenters. The van der Waals surface area contributed by atoms with Crippen molar-refractivity contribution >= 4 is 5.91 Å². The molecule has 0 aliphatic heterocycles. The Balaban J connectivity index is 2.36. The maximum Gasteiger partial charge on any atom is 0.251 e. The Morgan fingerprint density at radius 1 is 1.26 bits per heavy atom. The second kappa shape index (κ2) is 8.50. The molecule has 0 saturated heterocycles. The van der Waals surface area contributed by atoms with Crippen molar-refractivity contribution in [3.05, 3.63) is 29.8 Å². The van der Waals surface area contributed by atoms with Crippen molar-refractivity contribution in [1.29, 1.82) is 0 Å². The van der Waals surface area contributed by atoms with E-state index in [4.69, 9.17) is 15.2 Å². The summed E-state index contributed by atoms with van der Waals surface area (Å²) in [6.07, 6.45) is 0.124. The fourth-order valence-corrected chi connectivity index (χ4v) is 1.48. The van der Waals surface area contributed by atoms with E-state index in [0.717, 1.165) is 5.75 Å². The van der Waals surface area contributed by atoms with Crippen molar-refractivity contribution in [2.24, 2.45) is 5.73 Å². The molecule has 0 heterocycles. The van der Waals surface area contributed by atoms with Gasteiger partial charge in [-0.05, 0) is 38.1 Å². The lowest BCUT2D eigenvalue weighted by atomic mass is 10.2. The Hall–Kier alpha value is -1.59. The molecule has 0 aliphatic rings. The fraction of sp³-hybridized carbons (Fsp3) is 0.500. The number of amides is 1. The number of nitrogens with one attached hydrogen (secondary N) is 1. The van der Waals surface area contributed by atoms with E-state index >= 15 is 0 Å². The summed E-state index contributed by atoms with van der Waals surface area (Å²) in [5.41, 5.74) is 5.89. The molecule has 19 heavy (non-hydrogen) atoms. The third-order valence-corrected chi connectivity index (χ3v) is 2.28. The predicted octanol–water partition coefficient (Wildman–Crippen LogP) is 1.18. The van der Waals surface area contributed by atoms with E-state index in [1.54, 1.807) is 24.3 Å². The molecular formula is C14H22N2O3. The van der Waals surface area contributed by atoms with Gasteiger partial charge in [-0.1, -0.05) is 0 Å². The third-order valence-electron chi connectivity index (χ3n) is 2.28. The average molecular weight is 266 g/mol. The topological polar surface area (TPSA) is 73.6 Å². The van der Waals surface area contributed by atoms with Gasteiger partial charge in [-0.25, -0.2) is 0 Å². The molecule has 5 heteroatoms. The quantitative estimate of drug-likeness (QED) is 0.693. The van der Waals surface area contributed by atoms with E-state index < -0.39 is 0 Å². The second-order valence-electron chi connectivity index (χ2n) is 4.35. The highest BCUT2D eigenvalue weighted by Crippen LogP contribution is 2.13. The number of ether oxygens (including phenoxy) is 2. The fourth-order valence-electron chi connectivity index (χ4n) is 1.48. The van der Waals surface area contributed by atoms with Crippen molar-refractivity contribution < 1.29 is 14.3 Å². The molecule has 0 spiro atoms. The summed E-state index contributed by atoms with van der Waals surface area (Å²) in [5, 5.41) is 2.77. The van der Waals surface area contributed by atoms with Crippen molar-refractivity contribution in [3.8, 4) is 5.75 Å². The van der Waals surface area contributed by atoms with Gasteiger partial charge >= 0.3 is 0 Å². The van der Waals surface area contributed by atoms with Gasteiger partial charge in [0.15, 0.2) is 0 Å². The number of rotatable bonds is 8. The molecule has 0 fully saturated rings. The van der Waals surface area contributed by atoms with E-state index in [2.05, 4.69) is 5.32 Å². The van der Waals surface area contributed by atoms with Gasteiger partial charge in [0.25, 0.3) is 5.91 Å². The number of benzene rings is 1. The normalized spacial score (nSPS) is 10.5. The van der Waals surface area contributed by atoms with Crippen molar-refractivity contribution in [2.45, 2.75) is 20.0 Å². The molecule has 106 valence electrons. The molecule has 1 aromatic carbocycles. The standard InChI is InChI=1S/C14H22N2O3/c1-11(2)19-13-5-3-12(4-6-13)14(17)16-8-10-18-9-7-15/h3-6,11H,7-10,15H2,1-2H3,(H,16,17). The molecule has 1 aromatic rings. The molecule has 1 rings (SSSR count). The van der Waals surface area contributed by atoms with Gasteiger partial charge in [-0.3, -0.25) is 4.79 Å². The van der Waals surface area contributed by atoms with Crippen molar-refractivity contribution in [3.63, 3.8) is 0 Å². The first-order valence-electron chi connectivity index (χ1n) is 6.46. The van der Waals surface area contributed by atoms with Gasteiger partial charge in [0.05, 0.1) is 19.3 Å². The molecule has 0 radical (unpaired) electrons. The van der Waals surface area contributed by atoms with Crippen LogP contribution in [0.3, 0.4) is 0 Å². The van der Waals surface area contributed by atoms with Crippen molar-refractivity contribution in [2.75, 3.05) is 26.3 Å². The lowest BCUT2D eigenvalue weighted by Crippen LogP contribution is -2.27. The van der Waals surface area contributed by atoms with Gasteiger partial charge in [-0.2, -0.15) is 0 Å². The minimum absolute atomic E-state index is 0.118. The Morgan fingerprint density at radius 2 is 1.95 bits per heavy atom. The second-order valence-corrected chi connectivity index (χ2v) is 4.35. The highest BCUT2D eigenvalue weighted by molar-refractivity contribution is 5.94. The number of hydrogen-bond donors (Lipinski definition) is 2. The predicted molar refractivity (Wildman–Crippen MR) is 74.4 cm³/mol. The first-order chi connectivity index (χ1) is 9.13. The smallest absolute Gasteiger partial charge is 0.251 e. The molecule has 1 amide bonds. The van der Waals surface area contributed by atoms with E-state index in [0.29, 0.717) is 31.9 Å². The Labute approximate surface area is 114 Å². The molecule has 0 aliphatic carbocycles. The van der Waals surface area contributed by atoms with E-state index in [-0.39, 0.29) is 12.0 Å². The molecule has 3 N–H and O–H groups in total. The molecule has 0 aromatic heterocycles. The summed E-state index contributed by atoms with van der Waals surface area (Å²) in [4.78, 5) is 11.8. The van der Waals surface area contributed by atoms with Gasteiger partial charge in [0.1, 0.15) is 5.75 Å². The zero-order valence-electron chi connectivity index (χ0n) is 11.5. The lowest BCUT2D eigenvalue weighted by molar-refractivity contribution is 0.0920. The molecule has 5 nitrogen and oxygen atoms in total. The summed E-state index contributed by atoms with van der Waals surface area (Å²) in [6.45, 7) is 5.87. The molecule has 0 unspecified atom stereocenters. The van der Waals surface area contributed by atoms with Crippen LogP contribution in [-0.2, 0) is 4.74 Å². The molecular weight excluding hydrogens is 244 g/mol. The van der Waals surface area contributed by atoms with Crippen LogP contribution in [0.15, 0.2) is 24.3 Å². The van der Waals surface area contributed by atoms with Gasteiger partial charge in [0, 0.05) is 18.7 Å². The Morgan fingerprint density at radius 3 is 2.53 bits per heavy atom. The highest BCUT2D eigenvalue weighted by atomic mass is 16.5. The first-order valence-corrected chi connectivity index (χ1v) is 6.46. The number of nitrogens with two attached hydrogens (primary N) is 1. The Kier molecular flexibility index (Phi) is 6.92. The van der Waals surface area contributed by atoms with E-state index in [1.165, 1.54) is 0 Å². The maximum atomic E-state index is 11.8. The Bertz CT molecular complexity index is 377. The van der Waals surface area contributed by atoms with Gasteiger partial charge in [-0.15, -0.1) is 0 Å². The van der Waals surface area contributed by atoms with Crippen LogP contribution >= 0.6 is 0 Å². The number of carbonyl (C=O) groups excluding carboxylic acids is 1. The third kappa shape index (κ3) is 6.22. The summed E-state index contributed by atoms with van der Waals surface area (Å²) in [6, 6.07) is 7.07. The van der Waals surface area contributed by atoms with Crippen LogP contribution in [-0.4, -0.2) is 38.3 Å². The van der Waals surface area contributed by atoms with Crippen LogP contribution < -0.4 is 15.8 Å². The van der Waals surface area contributed by atoms with E-state index in [1.807, 2.05) is 13.8 Å². The van der Waals surface area contributed by atoms with Crippen molar-refractivity contribution in [1.82, 2.24) is 5.32 Å². The monoisotopic (exact) mass is 266 g/mol. The van der Waals surface area contributed by atoms with Gasteiger partial charge in [0.2, 0.25) is 0 Å². The average Bonchev–Trinajstić information content (AvgIpc) is 2.38. The summed E-state index contributed by atoms with van der Waals surface area (Å²) >= 11 is 0. The maximum absolute atomic E-state index is 11.8. The van der Waals surface area contributed by atoms with Crippen LogP contribution in [0.1, 0.15) is 24.2 Å². The number of carbonyl (C=O) groups is 1. The minimum Gasteiger partial charge on any atom is -0.491 e. The molecule has 0 bridgehead atoms. The summed E-state index contributed by atoms with van der Waals surface area (Å²) in [5.74, 6) is 0.644. The van der Waals surface area contributed by atoms with Crippen LogP contribution in [0.2, 0.25) is 0 Å². The zero-order chi connectivity index (χ0) is 14.1. The minimum atomic E-state index is -0.118. The molecule has 0 saturated carbocycles. The summed E-state index contributed by atoms with van der Waals surface area (Å²) in [7, 11) is 0. The highest BCUT2D eigenvalue weighted by Gasteiger charge is 2.05.